The number of hydrogen-bond acceptors (Lipinski definition) is 3. The van der Waals surface area contributed by atoms with Crippen LogP contribution in [0.5, 0.6) is 0 Å². The molecule has 0 radical (unpaired) electrons. The van der Waals surface area contributed by atoms with Crippen LogP contribution in [0.3, 0.4) is 0 Å². The molecule has 0 saturated heterocycles. The lowest BCUT2D eigenvalue weighted by Gasteiger charge is -2.15. The van der Waals surface area contributed by atoms with Gasteiger partial charge in [0.1, 0.15) is 0 Å². The first-order chi connectivity index (χ1) is 8.27. The summed E-state index contributed by atoms with van der Waals surface area (Å²) in [6, 6.07) is 4.18. The van der Waals surface area contributed by atoms with Gasteiger partial charge in [-0.05, 0) is 23.8 Å². The molecule has 0 aliphatic heterocycles. The van der Waals surface area contributed by atoms with E-state index in [4.69, 9.17) is 5.73 Å². The van der Waals surface area contributed by atoms with Crippen LogP contribution >= 0.6 is 11.3 Å². The van der Waals surface area contributed by atoms with E-state index in [1.54, 1.807) is 11.3 Å². The van der Waals surface area contributed by atoms with Crippen LogP contribution in [0.25, 0.3) is 10.4 Å². The number of aromatic amines is 1. The second-order valence-corrected chi connectivity index (χ2v) is 5.84. The molecule has 1 aliphatic carbocycles. The van der Waals surface area contributed by atoms with E-state index in [9.17, 15) is 0 Å². The van der Waals surface area contributed by atoms with Crippen molar-refractivity contribution in [2.75, 3.05) is 5.73 Å². The van der Waals surface area contributed by atoms with Gasteiger partial charge in [-0.2, -0.15) is 5.10 Å². The number of hydrogen-bond donors (Lipinski definition) is 2. The minimum Gasteiger partial charge on any atom is -0.382 e. The van der Waals surface area contributed by atoms with E-state index in [1.807, 2.05) is 0 Å². The molecule has 1 fully saturated rings. The van der Waals surface area contributed by atoms with E-state index in [2.05, 4.69) is 34.6 Å². The standard InChI is InChI=1S/C13H17N3S/c1-8-4-2-5-9(8)12-11(13(14)16-15-12)10-6-3-7-17-10/h3,6-9H,2,4-5H2,1H3,(H3,14,15,16). The van der Waals surface area contributed by atoms with Crippen LogP contribution in [0.4, 0.5) is 5.82 Å². The minimum absolute atomic E-state index is 0.594. The maximum absolute atomic E-state index is 6.01. The smallest absolute Gasteiger partial charge is 0.154 e. The van der Waals surface area contributed by atoms with Crippen LogP contribution in [0.1, 0.15) is 37.8 Å². The zero-order valence-electron chi connectivity index (χ0n) is 9.94. The highest BCUT2D eigenvalue weighted by Crippen LogP contribution is 2.44. The Bertz CT molecular complexity index is 501. The van der Waals surface area contributed by atoms with Crippen LogP contribution in [-0.2, 0) is 0 Å². The monoisotopic (exact) mass is 247 g/mol. The maximum atomic E-state index is 6.01. The average molecular weight is 247 g/mol. The topological polar surface area (TPSA) is 54.7 Å². The summed E-state index contributed by atoms with van der Waals surface area (Å²) in [4.78, 5) is 1.23. The van der Waals surface area contributed by atoms with Gasteiger partial charge in [-0.25, -0.2) is 0 Å². The summed E-state index contributed by atoms with van der Waals surface area (Å²) in [7, 11) is 0. The number of nitrogen functional groups attached to an aromatic ring is 1. The summed E-state index contributed by atoms with van der Waals surface area (Å²) in [5.41, 5.74) is 8.39. The van der Waals surface area contributed by atoms with Gasteiger partial charge < -0.3 is 5.73 Å². The van der Waals surface area contributed by atoms with Gasteiger partial charge in [-0.15, -0.1) is 11.3 Å². The molecular formula is C13H17N3S. The number of nitrogens with one attached hydrogen (secondary N) is 1. The van der Waals surface area contributed by atoms with E-state index in [1.165, 1.54) is 29.8 Å². The molecule has 2 aromatic rings. The SMILES string of the molecule is CC1CCCC1c1[nH]nc(N)c1-c1cccs1. The zero-order valence-corrected chi connectivity index (χ0v) is 10.8. The van der Waals surface area contributed by atoms with Gasteiger partial charge >= 0.3 is 0 Å². The first-order valence-electron chi connectivity index (χ1n) is 6.15. The van der Waals surface area contributed by atoms with Crippen LogP contribution in [0, 0.1) is 5.92 Å². The Hall–Kier alpha value is -1.29. The van der Waals surface area contributed by atoms with Crippen molar-refractivity contribution in [3.8, 4) is 10.4 Å². The lowest BCUT2D eigenvalue weighted by atomic mass is 9.92. The maximum Gasteiger partial charge on any atom is 0.154 e. The molecule has 3 rings (SSSR count). The zero-order chi connectivity index (χ0) is 11.8. The van der Waals surface area contributed by atoms with E-state index < -0.39 is 0 Å². The molecule has 0 amide bonds. The summed E-state index contributed by atoms with van der Waals surface area (Å²) >= 11 is 1.73. The van der Waals surface area contributed by atoms with Crippen LogP contribution in [-0.4, -0.2) is 10.2 Å². The minimum atomic E-state index is 0.594. The molecule has 3 nitrogen and oxygen atoms in total. The highest BCUT2D eigenvalue weighted by atomic mass is 32.1. The van der Waals surface area contributed by atoms with Gasteiger partial charge in [0.25, 0.3) is 0 Å². The normalized spacial score (nSPS) is 24.3. The fourth-order valence-electron chi connectivity index (χ4n) is 2.89. The largest absolute Gasteiger partial charge is 0.382 e. The van der Waals surface area contributed by atoms with Gasteiger partial charge in [0.15, 0.2) is 5.82 Å². The van der Waals surface area contributed by atoms with Crippen LogP contribution in [0.15, 0.2) is 17.5 Å². The Morgan fingerprint density at radius 3 is 3.00 bits per heavy atom. The lowest BCUT2D eigenvalue weighted by molar-refractivity contribution is 0.522. The molecule has 2 unspecified atom stereocenters. The predicted octanol–water partition coefficient (Wildman–Crippen LogP) is 3.62. The van der Waals surface area contributed by atoms with Crippen molar-refractivity contribution in [2.24, 2.45) is 5.92 Å². The van der Waals surface area contributed by atoms with E-state index in [-0.39, 0.29) is 0 Å². The number of thiophene rings is 1. The molecule has 17 heavy (non-hydrogen) atoms. The highest BCUT2D eigenvalue weighted by Gasteiger charge is 2.30. The van der Waals surface area contributed by atoms with Crippen LogP contribution in [0.2, 0.25) is 0 Å². The molecule has 0 bridgehead atoms. The van der Waals surface area contributed by atoms with Crippen molar-refractivity contribution in [3.63, 3.8) is 0 Å². The summed E-state index contributed by atoms with van der Waals surface area (Å²) in [5, 5.41) is 9.46. The first kappa shape index (κ1) is 10.8. The molecule has 1 saturated carbocycles. The Labute approximate surface area is 105 Å². The lowest BCUT2D eigenvalue weighted by Crippen LogP contribution is -2.04. The van der Waals surface area contributed by atoms with Crippen molar-refractivity contribution in [1.82, 2.24) is 10.2 Å². The third kappa shape index (κ3) is 1.76. The molecular weight excluding hydrogens is 230 g/mol. The summed E-state index contributed by atoms with van der Waals surface area (Å²) in [5.74, 6) is 1.96. The molecule has 4 heteroatoms. The Balaban J connectivity index is 2.06. The van der Waals surface area contributed by atoms with Gasteiger partial charge in [-0.3, -0.25) is 5.10 Å². The van der Waals surface area contributed by atoms with E-state index >= 15 is 0 Å². The Kier molecular flexibility index (Phi) is 2.67. The fourth-order valence-corrected chi connectivity index (χ4v) is 3.69. The molecule has 90 valence electrons. The van der Waals surface area contributed by atoms with E-state index in [0.29, 0.717) is 11.7 Å². The Morgan fingerprint density at radius 2 is 2.35 bits per heavy atom. The number of aromatic nitrogens is 2. The summed E-state index contributed by atoms with van der Waals surface area (Å²) < 4.78 is 0. The molecule has 3 N–H and O–H groups in total. The summed E-state index contributed by atoms with van der Waals surface area (Å²) in [6.07, 6.45) is 3.88. The summed E-state index contributed by atoms with van der Waals surface area (Å²) in [6.45, 7) is 2.33. The molecule has 2 aromatic heterocycles. The molecule has 0 spiro atoms. The molecule has 1 aliphatic rings. The average Bonchev–Trinajstić information content (AvgIpc) is 2.98. The number of rotatable bonds is 2. The van der Waals surface area contributed by atoms with Crippen molar-refractivity contribution in [1.29, 1.82) is 0 Å². The second-order valence-electron chi connectivity index (χ2n) is 4.89. The molecule has 2 atom stereocenters. The van der Waals surface area contributed by atoms with Crippen molar-refractivity contribution in [2.45, 2.75) is 32.1 Å². The quantitative estimate of drug-likeness (QED) is 0.851. The van der Waals surface area contributed by atoms with E-state index in [0.717, 1.165) is 11.5 Å². The van der Waals surface area contributed by atoms with Gasteiger partial charge in [0, 0.05) is 16.5 Å². The highest BCUT2D eigenvalue weighted by molar-refractivity contribution is 7.13. The van der Waals surface area contributed by atoms with Gasteiger partial charge in [0.05, 0.1) is 5.56 Å². The van der Waals surface area contributed by atoms with Crippen molar-refractivity contribution < 1.29 is 0 Å². The third-order valence-corrected chi connectivity index (χ3v) is 4.71. The van der Waals surface area contributed by atoms with Crippen molar-refractivity contribution in [3.05, 3.63) is 23.2 Å². The third-order valence-electron chi connectivity index (χ3n) is 3.82. The first-order valence-corrected chi connectivity index (χ1v) is 7.03. The number of nitrogens with zero attached hydrogens (tertiary/aromatic N) is 1. The molecule has 2 heterocycles. The number of nitrogens with two attached hydrogens (primary N) is 1. The van der Waals surface area contributed by atoms with Gasteiger partial charge in [0.2, 0.25) is 0 Å². The van der Waals surface area contributed by atoms with Gasteiger partial charge in [-0.1, -0.05) is 25.8 Å². The number of H-pyrrole nitrogens is 1. The van der Waals surface area contributed by atoms with Crippen LogP contribution < -0.4 is 5.73 Å². The Morgan fingerprint density at radius 1 is 1.47 bits per heavy atom. The van der Waals surface area contributed by atoms with Crippen molar-refractivity contribution >= 4 is 17.2 Å². The predicted molar refractivity (Wildman–Crippen MR) is 72.1 cm³/mol. The number of anilines is 1. The second kappa shape index (κ2) is 4.18. The fraction of sp³-hybridized carbons (Fsp3) is 0.462. The molecule has 0 aromatic carbocycles.